The lowest BCUT2D eigenvalue weighted by Crippen LogP contribution is -2.19. The number of thioether (sulfide) groups is 1. The number of ether oxygens (including phenoxy) is 2. The second kappa shape index (κ2) is 6.12. The molecule has 96 valence electrons. The van der Waals surface area contributed by atoms with Crippen molar-refractivity contribution in [3.05, 3.63) is 21.7 Å². The number of hydrogen-bond acceptors (Lipinski definition) is 7. The second-order valence-electron chi connectivity index (χ2n) is 3.29. The van der Waals surface area contributed by atoms with Gasteiger partial charge < -0.3 is 15.2 Å². The first kappa shape index (κ1) is 14.1. The Morgan fingerprint density at radius 2 is 1.83 bits per heavy atom. The zero-order chi connectivity index (χ0) is 13.7. The Hall–Kier alpha value is -1.94. The smallest absolute Gasteiger partial charge is 0.341 e. The van der Waals surface area contributed by atoms with E-state index in [2.05, 4.69) is 9.47 Å². The Morgan fingerprint density at radius 1 is 1.28 bits per heavy atom. The number of esters is 2. The van der Waals surface area contributed by atoms with Gasteiger partial charge in [-0.2, -0.15) is 5.26 Å². The molecule has 0 aliphatic carbocycles. The summed E-state index contributed by atoms with van der Waals surface area (Å²) in [7, 11) is 2.35. The standard InChI is InChI=1S/C11H12N2O4S/c1-16-10(14)7-6(5-12)3-4-18-9(13)8(7)11(15)17-2/h3-4,13H2,1-2H3. The number of carbonyl (C=O) groups excluding carboxylic acids is 2. The van der Waals surface area contributed by atoms with Gasteiger partial charge in [0, 0.05) is 11.3 Å². The van der Waals surface area contributed by atoms with Gasteiger partial charge in [0.15, 0.2) is 0 Å². The third-order valence-electron chi connectivity index (χ3n) is 2.32. The van der Waals surface area contributed by atoms with Crippen molar-refractivity contribution < 1.29 is 19.1 Å². The van der Waals surface area contributed by atoms with Crippen LogP contribution in [0.4, 0.5) is 0 Å². The van der Waals surface area contributed by atoms with E-state index in [1.165, 1.54) is 26.0 Å². The third-order valence-corrected chi connectivity index (χ3v) is 3.25. The van der Waals surface area contributed by atoms with Gasteiger partial charge in [0.2, 0.25) is 0 Å². The number of carbonyl (C=O) groups is 2. The van der Waals surface area contributed by atoms with Crippen LogP contribution in [0.2, 0.25) is 0 Å². The van der Waals surface area contributed by atoms with Gasteiger partial charge in [-0.15, -0.1) is 11.8 Å². The van der Waals surface area contributed by atoms with E-state index in [1.807, 2.05) is 6.07 Å². The largest absolute Gasteiger partial charge is 0.465 e. The Labute approximate surface area is 108 Å². The molecule has 0 amide bonds. The van der Waals surface area contributed by atoms with Crippen molar-refractivity contribution in [2.45, 2.75) is 6.42 Å². The molecule has 0 bridgehead atoms. The molecule has 0 aromatic carbocycles. The maximum absolute atomic E-state index is 11.7. The van der Waals surface area contributed by atoms with E-state index in [-0.39, 0.29) is 21.7 Å². The van der Waals surface area contributed by atoms with Crippen LogP contribution in [0.15, 0.2) is 21.7 Å². The summed E-state index contributed by atoms with van der Waals surface area (Å²) in [5, 5.41) is 9.21. The van der Waals surface area contributed by atoms with Crippen LogP contribution in [0.1, 0.15) is 6.42 Å². The van der Waals surface area contributed by atoms with Crippen LogP contribution >= 0.6 is 11.8 Å². The minimum atomic E-state index is -0.766. The lowest BCUT2D eigenvalue weighted by Gasteiger charge is -2.10. The fourth-order valence-corrected chi connectivity index (χ4v) is 2.33. The van der Waals surface area contributed by atoms with E-state index in [0.29, 0.717) is 12.2 Å². The molecule has 1 aliphatic heterocycles. The van der Waals surface area contributed by atoms with Crippen LogP contribution in [0.25, 0.3) is 0 Å². The highest BCUT2D eigenvalue weighted by Crippen LogP contribution is 2.31. The molecule has 7 heteroatoms. The molecule has 1 rings (SSSR count). The van der Waals surface area contributed by atoms with E-state index in [4.69, 9.17) is 11.0 Å². The number of nitrogens with two attached hydrogens (primary N) is 1. The normalized spacial score (nSPS) is 15.8. The van der Waals surface area contributed by atoms with Crippen molar-refractivity contribution in [3.63, 3.8) is 0 Å². The molecule has 2 N–H and O–H groups in total. The average molecular weight is 268 g/mol. The highest BCUT2D eigenvalue weighted by molar-refractivity contribution is 8.03. The second-order valence-corrected chi connectivity index (χ2v) is 4.42. The number of methoxy groups -OCH3 is 2. The fourth-order valence-electron chi connectivity index (χ4n) is 1.48. The SMILES string of the molecule is COC(=O)C1=C(C#N)CCSC(N)=C1C(=O)OC. The zero-order valence-corrected chi connectivity index (χ0v) is 10.8. The van der Waals surface area contributed by atoms with Gasteiger partial charge in [0.25, 0.3) is 0 Å². The molecule has 18 heavy (non-hydrogen) atoms. The Balaban J connectivity index is 3.48. The lowest BCUT2D eigenvalue weighted by atomic mass is 9.99. The molecule has 1 heterocycles. The molecule has 0 saturated heterocycles. The minimum Gasteiger partial charge on any atom is -0.465 e. The van der Waals surface area contributed by atoms with Crippen molar-refractivity contribution in [2.24, 2.45) is 5.73 Å². The van der Waals surface area contributed by atoms with Gasteiger partial charge >= 0.3 is 11.9 Å². The number of nitriles is 1. The van der Waals surface area contributed by atoms with Crippen molar-refractivity contribution in [1.82, 2.24) is 0 Å². The molecular formula is C11H12N2O4S. The molecule has 1 aliphatic rings. The summed E-state index contributed by atoms with van der Waals surface area (Å²) in [6, 6.07) is 1.91. The molecule has 0 fully saturated rings. The summed E-state index contributed by atoms with van der Waals surface area (Å²) < 4.78 is 9.19. The van der Waals surface area contributed by atoms with Gasteiger partial charge in [-0.05, 0) is 6.42 Å². The number of rotatable bonds is 2. The summed E-state index contributed by atoms with van der Waals surface area (Å²) in [6.07, 6.45) is 0.340. The molecule has 0 spiro atoms. The molecule has 0 saturated carbocycles. The predicted molar refractivity (Wildman–Crippen MR) is 65.0 cm³/mol. The van der Waals surface area contributed by atoms with Gasteiger partial charge in [0.05, 0.1) is 30.9 Å². The van der Waals surface area contributed by atoms with E-state index in [0.717, 1.165) is 0 Å². The monoisotopic (exact) mass is 268 g/mol. The van der Waals surface area contributed by atoms with Crippen LogP contribution in [-0.4, -0.2) is 31.9 Å². The van der Waals surface area contributed by atoms with Crippen molar-refractivity contribution in [1.29, 1.82) is 5.26 Å². The van der Waals surface area contributed by atoms with Crippen LogP contribution in [0.3, 0.4) is 0 Å². The van der Waals surface area contributed by atoms with Crippen molar-refractivity contribution in [2.75, 3.05) is 20.0 Å². The van der Waals surface area contributed by atoms with Gasteiger partial charge in [-0.25, -0.2) is 9.59 Å². The maximum Gasteiger partial charge on any atom is 0.341 e. The Bertz CT molecular complexity index is 488. The van der Waals surface area contributed by atoms with E-state index < -0.39 is 11.9 Å². The molecule has 0 atom stereocenters. The first-order chi connectivity index (χ1) is 8.56. The highest BCUT2D eigenvalue weighted by atomic mass is 32.2. The lowest BCUT2D eigenvalue weighted by molar-refractivity contribution is -0.139. The highest BCUT2D eigenvalue weighted by Gasteiger charge is 2.31. The van der Waals surface area contributed by atoms with Crippen LogP contribution in [0.5, 0.6) is 0 Å². The summed E-state index contributed by atoms with van der Waals surface area (Å²) >= 11 is 1.20. The van der Waals surface area contributed by atoms with Gasteiger partial charge in [-0.1, -0.05) is 0 Å². The van der Waals surface area contributed by atoms with Crippen LogP contribution in [-0.2, 0) is 19.1 Å². The minimum absolute atomic E-state index is 0.0941. The topological polar surface area (TPSA) is 102 Å². The number of allylic oxidation sites excluding steroid dienone is 1. The molecule has 6 nitrogen and oxygen atoms in total. The summed E-state index contributed by atoms with van der Waals surface area (Å²) in [5.74, 6) is -1.01. The van der Waals surface area contributed by atoms with E-state index >= 15 is 0 Å². The summed E-state index contributed by atoms with van der Waals surface area (Å²) in [4.78, 5) is 23.4. The van der Waals surface area contributed by atoms with E-state index in [9.17, 15) is 9.59 Å². The Kier molecular flexibility index (Phi) is 4.80. The van der Waals surface area contributed by atoms with Crippen LogP contribution in [0, 0.1) is 11.3 Å². The molecule has 0 radical (unpaired) electrons. The van der Waals surface area contributed by atoms with Crippen LogP contribution < -0.4 is 5.73 Å². The predicted octanol–water partition coefficient (Wildman–Crippen LogP) is 0.460. The third kappa shape index (κ3) is 2.65. The van der Waals surface area contributed by atoms with E-state index in [1.54, 1.807) is 0 Å². The van der Waals surface area contributed by atoms with Crippen molar-refractivity contribution in [3.8, 4) is 6.07 Å². The molecule has 0 aromatic rings. The van der Waals surface area contributed by atoms with Crippen molar-refractivity contribution >= 4 is 23.7 Å². The fraction of sp³-hybridized carbons (Fsp3) is 0.364. The summed E-state index contributed by atoms with van der Waals surface area (Å²) in [5.41, 5.74) is 5.73. The summed E-state index contributed by atoms with van der Waals surface area (Å²) in [6.45, 7) is 0. The molecule has 0 aromatic heterocycles. The first-order valence-corrected chi connectivity index (χ1v) is 5.98. The average Bonchev–Trinajstić information content (AvgIpc) is 2.55. The maximum atomic E-state index is 11.7. The Morgan fingerprint density at radius 3 is 2.33 bits per heavy atom. The number of hydrogen-bond donors (Lipinski definition) is 1. The molecule has 0 unspecified atom stereocenters. The van der Waals surface area contributed by atoms with Gasteiger partial charge in [0.1, 0.15) is 5.57 Å². The zero-order valence-electron chi connectivity index (χ0n) is 9.98. The number of nitrogens with zero attached hydrogens (tertiary/aromatic N) is 1. The quantitative estimate of drug-likeness (QED) is 0.726. The molecular weight excluding hydrogens is 256 g/mol. The van der Waals surface area contributed by atoms with Gasteiger partial charge in [-0.3, -0.25) is 0 Å². The first-order valence-electron chi connectivity index (χ1n) is 4.99.